The lowest BCUT2D eigenvalue weighted by atomic mass is 10.1. The van der Waals surface area contributed by atoms with Crippen molar-refractivity contribution in [3.05, 3.63) is 0 Å². The van der Waals surface area contributed by atoms with E-state index in [4.69, 9.17) is 11.6 Å². The third-order valence-electron chi connectivity index (χ3n) is 2.22. The minimum absolute atomic E-state index is 0.441. The van der Waals surface area contributed by atoms with Gasteiger partial charge in [0.2, 0.25) is 0 Å². The molecule has 0 heterocycles. The highest BCUT2D eigenvalue weighted by Crippen LogP contribution is 2.14. The second-order valence-corrected chi connectivity index (χ2v) is 4.21. The molecule has 0 saturated carbocycles. The molecular formula is C11H23Cl. The predicted molar refractivity (Wildman–Crippen MR) is 57.9 cm³/mol. The molecule has 0 aliphatic rings. The normalized spacial score (nSPS) is 13.2. The Kier molecular flexibility index (Phi) is 9.61. The van der Waals surface area contributed by atoms with Gasteiger partial charge in [-0.2, -0.15) is 0 Å². The van der Waals surface area contributed by atoms with Crippen molar-refractivity contribution in [3.63, 3.8) is 0 Å². The van der Waals surface area contributed by atoms with Gasteiger partial charge in [-0.25, -0.2) is 0 Å². The van der Waals surface area contributed by atoms with E-state index in [-0.39, 0.29) is 0 Å². The zero-order valence-corrected chi connectivity index (χ0v) is 9.37. The smallest absolute Gasteiger partial charge is 0.0336 e. The summed E-state index contributed by atoms with van der Waals surface area (Å²) in [7, 11) is 0. The number of hydrogen-bond acceptors (Lipinski definition) is 0. The van der Waals surface area contributed by atoms with Gasteiger partial charge in [0, 0.05) is 5.38 Å². The number of alkyl halides is 1. The van der Waals surface area contributed by atoms with Gasteiger partial charge in [0.1, 0.15) is 0 Å². The van der Waals surface area contributed by atoms with Crippen molar-refractivity contribution in [2.45, 2.75) is 70.6 Å². The number of halogens is 1. The lowest BCUT2D eigenvalue weighted by Gasteiger charge is -2.06. The third-order valence-corrected chi connectivity index (χ3v) is 2.66. The van der Waals surface area contributed by atoms with E-state index in [0.29, 0.717) is 5.38 Å². The summed E-state index contributed by atoms with van der Waals surface area (Å²) in [5.74, 6) is 0. The van der Waals surface area contributed by atoms with E-state index in [1.165, 1.54) is 51.4 Å². The fraction of sp³-hybridized carbons (Fsp3) is 1.00. The molecular weight excluding hydrogens is 168 g/mol. The van der Waals surface area contributed by atoms with Gasteiger partial charge in [0.25, 0.3) is 0 Å². The van der Waals surface area contributed by atoms with E-state index < -0.39 is 0 Å². The Morgan fingerprint density at radius 3 is 2.08 bits per heavy atom. The molecule has 74 valence electrons. The molecule has 1 unspecified atom stereocenters. The summed E-state index contributed by atoms with van der Waals surface area (Å²) in [6.07, 6.45) is 10.5. The summed E-state index contributed by atoms with van der Waals surface area (Å²) in [5, 5.41) is 0.441. The van der Waals surface area contributed by atoms with E-state index in [9.17, 15) is 0 Å². The molecule has 0 N–H and O–H groups in total. The second kappa shape index (κ2) is 9.38. The molecule has 0 saturated heterocycles. The Bertz CT molecular complexity index is 81.1. The topological polar surface area (TPSA) is 0 Å². The molecule has 0 aliphatic carbocycles. The van der Waals surface area contributed by atoms with Gasteiger partial charge in [-0.1, -0.05) is 52.4 Å². The molecule has 0 aromatic carbocycles. The van der Waals surface area contributed by atoms with E-state index in [2.05, 4.69) is 13.8 Å². The van der Waals surface area contributed by atoms with Crippen molar-refractivity contribution < 1.29 is 0 Å². The maximum atomic E-state index is 6.09. The molecule has 0 radical (unpaired) electrons. The van der Waals surface area contributed by atoms with Crippen LogP contribution in [0.2, 0.25) is 0 Å². The van der Waals surface area contributed by atoms with E-state index in [0.717, 1.165) is 0 Å². The quantitative estimate of drug-likeness (QED) is 0.383. The Balaban J connectivity index is 2.97. The summed E-state index contributed by atoms with van der Waals surface area (Å²) in [6, 6.07) is 0. The van der Waals surface area contributed by atoms with Crippen molar-refractivity contribution >= 4 is 11.6 Å². The van der Waals surface area contributed by atoms with Gasteiger partial charge >= 0.3 is 0 Å². The van der Waals surface area contributed by atoms with Crippen LogP contribution in [0.25, 0.3) is 0 Å². The third kappa shape index (κ3) is 8.39. The maximum Gasteiger partial charge on any atom is 0.0336 e. The second-order valence-electron chi connectivity index (χ2n) is 3.59. The Morgan fingerprint density at radius 1 is 0.833 bits per heavy atom. The van der Waals surface area contributed by atoms with Crippen LogP contribution >= 0.6 is 11.6 Å². The summed E-state index contributed by atoms with van der Waals surface area (Å²) in [4.78, 5) is 0. The van der Waals surface area contributed by atoms with Gasteiger partial charge in [-0.05, 0) is 12.8 Å². The largest absolute Gasteiger partial charge is 0.123 e. The molecule has 0 aromatic heterocycles. The van der Waals surface area contributed by atoms with Crippen LogP contribution < -0.4 is 0 Å². The maximum absolute atomic E-state index is 6.09. The summed E-state index contributed by atoms with van der Waals surface area (Å²) in [5.41, 5.74) is 0. The van der Waals surface area contributed by atoms with Crippen LogP contribution in [0.15, 0.2) is 0 Å². The van der Waals surface area contributed by atoms with Crippen LogP contribution in [-0.2, 0) is 0 Å². The fourth-order valence-electron chi connectivity index (χ4n) is 1.43. The molecule has 0 rings (SSSR count). The molecule has 0 amide bonds. The number of hydrogen-bond donors (Lipinski definition) is 0. The molecule has 1 atom stereocenters. The summed E-state index contributed by atoms with van der Waals surface area (Å²) in [6.45, 7) is 4.45. The molecule has 0 fully saturated rings. The molecule has 0 nitrogen and oxygen atoms in total. The van der Waals surface area contributed by atoms with Crippen molar-refractivity contribution in [1.82, 2.24) is 0 Å². The van der Waals surface area contributed by atoms with Gasteiger partial charge in [-0.15, -0.1) is 11.6 Å². The Labute approximate surface area is 82.7 Å². The molecule has 12 heavy (non-hydrogen) atoms. The van der Waals surface area contributed by atoms with E-state index in [1.54, 1.807) is 0 Å². The lowest BCUT2D eigenvalue weighted by Crippen LogP contribution is -1.96. The van der Waals surface area contributed by atoms with Crippen LogP contribution in [0, 0.1) is 0 Å². The molecule has 0 bridgehead atoms. The van der Waals surface area contributed by atoms with Crippen LogP contribution in [0.4, 0.5) is 0 Å². The highest BCUT2D eigenvalue weighted by Gasteiger charge is 2.01. The van der Waals surface area contributed by atoms with Crippen LogP contribution in [0.5, 0.6) is 0 Å². The van der Waals surface area contributed by atoms with Crippen molar-refractivity contribution in [3.8, 4) is 0 Å². The standard InChI is InChI=1S/C11H23Cl/c1-3-5-6-7-8-10-11(12)9-4-2/h11H,3-10H2,1-2H3. The SMILES string of the molecule is CCCCCCCC(Cl)CCC. The van der Waals surface area contributed by atoms with Gasteiger partial charge in [0.15, 0.2) is 0 Å². The molecule has 1 heteroatoms. The minimum Gasteiger partial charge on any atom is -0.123 e. The highest BCUT2D eigenvalue weighted by molar-refractivity contribution is 6.20. The molecule has 0 spiro atoms. The number of unbranched alkanes of at least 4 members (excludes halogenated alkanes) is 4. The first-order valence-corrected chi connectivity index (χ1v) is 5.89. The predicted octanol–water partition coefficient (Wildman–Crippen LogP) is 4.75. The Morgan fingerprint density at radius 2 is 1.50 bits per heavy atom. The highest BCUT2D eigenvalue weighted by atomic mass is 35.5. The van der Waals surface area contributed by atoms with E-state index >= 15 is 0 Å². The lowest BCUT2D eigenvalue weighted by molar-refractivity contribution is 0.577. The molecule has 0 aliphatic heterocycles. The number of rotatable bonds is 8. The van der Waals surface area contributed by atoms with Gasteiger partial charge in [-0.3, -0.25) is 0 Å². The average Bonchev–Trinajstić information content (AvgIpc) is 2.05. The first kappa shape index (κ1) is 12.3. The van der Waals surface area contributed by atoms with Gasteiger partial charge < -0.3 is 0 Å². The van der Waals surface area contributed by atoms with E-state index in [1.807, 2.05) is 0 Å². The average molecular weight is 191 g/mol. The van der Waals surface area contributed by atoms with Crippen LogP contribution in [0.1, 0.15) is 65.2 Å². The Hall–Kier alpha value is 0.290. The van der Waals surface area contributed by atoms with Crippen LogP contribution in [-0.4, -0.2) is 5.38 Å². The minimum atomic E-state index is 0.441. The fourth-order valence-corrected chi connectivity index (χ4v) is 1.80. The monoisotopic (exact) mass is 190 g/mol. The first-order chi connectivity index (χ1) is 5.81. The van der Waals surface area contributed by atoms with Crippen LogP contribution in [0.3, 0.4) is 0 Å². The molecule has 0 aromatic rings. The zero-order valence-electron chi connectivity index (χ0n) is 8.61. The zero-order chi connectivity index (χ0) is 9.23. The summed E-state index contributed by atoms with van der Waals surface area (Å²) >= 11 is 6.09. The van der Waals surface area contributed by atoms with Crippen molar-refractivity contribution in [2.75, 3.05) is 0 Å². The van der Waals surface area contributed by atoms with Crippen molar-refractivity contribution in [2.24, 2.45) is 0 Å². The summed E-state index contributed by atoms with van der Waals surface area (Å²) < 4.78 is 0. The first-order valence-electron chi connectivity index (χ1n) is 5.45. The van der Waals surface area contributed by atoms with Gasteiger partial charge in [0.05, 0.1) is 0 Å². The van der Waals surface area contributed by atoms with Crippen molar-refractivity contribution in [1.29, 1.82) is 0 Å².